The van der Waals surface area contributed by atoms with Gasteiger partial charge in [-0.05, 0) is 18.2 Å². The fraction of sp³-hybridized carbons (Fsp3) is 0.0769. The van der Waals surface area contributed by atoms with Crippen LogP contribution in [0.5, 0.6) is 11.5 Å². The highest BCUT2D eigenvalue weighted by molar-refractivity contribution is 5.40. The summed E-state index contributed by atoms with van der Waals surface area (Å²) >= 11 is 0. The molecule has 0 saturated heterocycles. The average molecular weight is 271 g/mol. The molecular formula is C13H7F4O2. The van der Waals surface area contributed by atoms with Crippen molar-refractivity contribution in [3.8, 4) is 11.5 Å². The van der Waals surface area contributed by atoms with Gasteiger partial charge >= 0.3 is 0 Å². The Bertz CT molecular complexity index is 614. The summed E-state index contributed by atoms with van der Waals surface area (Å²) in [4.78, 5) is 0. The zero-order valence-electron chi connectivity index (χ0n) is 9.42. The molecule has 0 aliphatic carbocycles. The molecule has 19 heavy (non-hydrogen) atoms. The van der Waals surface area contributed by atoms with Gasteiger partial charge < -0.3 is 4.74 Å². The van der Waals surface area contributed by atoms with E-state index >= 15 is 0 Å². The van der Waals surface area contributed by atoms with Gasteiger partial charge in [-0.3, -0.25) is 5.11 Å². The third kappa shape index (κ3) is 2.62. The number of halogens is 4. The van der Waals surface area contributed by atoms with E-state index in [0.29, 0.717) is 6.07 Å². The fourth-order valence-electron chi connectivity index (χ4n) is 1.46. The number of hydrogen-bond donors (Lipinski definition) is 0. The highest BCUT2D eigenvalue weighted by Crippen LogP contribution is 2.32. The maximum Gasteiger partial charge on any atom is 0.223 e. The Labute approximate surface area is 105 Å². The topological polar surface area (TPSA) is 29.1 Å². The van der Waals surface area contributed by atoms with Crippen molar-refractivity contribution in [1.82, 2.24) is 0 Å². The Morgan fingerprint density at radius 1 is 0.895 bits per heavy atom. The van der Waals surface area contributed by atoms with E-state index in [-0.39, 0.29) is 5.56 Å². The van der Waals surface area contributed by atoms with E-state index in [1.54, 1.807) is 0 Å². The number of rotatable bonds is 3. The Kier molecular flexibility index (Phi) is 3.59. The minimum absolute atomic E-state index is 0.205. The zero-order valence-corrected chi connectivity index (χ0v) is 9.42. The van der Waals surface area contributed by atoms with Crippen LogP contribution < -0.4 is 4.74 Å². The van der Waals surface area contributed by atoms with Crippen molar-refractivity contribution in [2.45, 2.75) is 6.61 Å². The molecule has 2 aromatic carbocycles. The molecule has 0 fully saturated rings. The standard InChI is InChI=1S/C13H7F4O2/c14-8-3-1-2-7(11(8)16)6-19-13-10(18)5-4-9(15)12(13)17/h1-5H,6H2. The Morgan fingerprint density at radius 3 is 2.32 bits per heavy atom. The lowest BCUT2D eigenvalue weighted by Crippen LogP contribution is -2.02. The summed E-state index contributed by atoms with van der Waals surface area (Å²) in [5.41, 5.74) is -0.205. The van der Waals surface area contributed by atoms with Crippen molar-refractivity contribution in [2.24, 2.45) is 0 Å². The molecule has 0 amide bonds. The normalized spacial score (nSPS) is 10.5. The second kappa shape index (κ2) is 5.17. The molecule has 0 aliphatic heterocycles. The van der Waals surface area contributed by atoms with Crippen LogP contribution in [0.4, 0.5) is 17.6 Å². The molecule has 99 valence electrons. The van der Waals surface area contributed by atoms with Crippen LogP contribution in [0.2, 0.25) is 0 Å². The molecule has 0 atom stereocenters. The van der Waals surface area contributed by atoms with Gasteiger partial charge in [0.2, 0.25) is 17.3 Å². The first-order valence-corrected chi connectivity index (χ1v) is 5.21. The number of ether oxygens (including phenoxy) is 1. The van der Waals surface area contributed by atoms with Crippen molar-refractivity contribution in [3.05, 3.63) is 59.2 Å². The lowest BCUT2D eigenvalue weighted by Gasteiger charge is -2.09. The highest BCUT2D eigenvalue weighted by Gasteiger charge is 2.17. The van der Waals surface area contributed by atoms with E-state index in [9.17, 15) is 22.7 Å². The first-order chi connectivity index (χ1) is 9.00. The molecule has 2 rings (SSSR count). The van der Waals surface area contributed by atoms with E-state index in [1.165, 1.54) is 12.1 Å². The molecule has 0 aliphatic rings. The molecule has 2 nitrogen and oxygen atoms in total. The van der Waals surface area contributed by atoms with E-state index in [1.807, 2.05) is 0 Å². The van der Waals surface area contributed by atoms with Crippen molar-refractivity contribution >= 4 is 0 Å². The third-order valence-electron chi connectivity index (χ3n) is 2.42. The van der Waals surface area contributed by atoms with Crippen molar-refractivity contribution in [1.29, 1.82) is 0 Å². The highest BCUT2D eigenvalue weighted by atomic mass is 19.2. The van der Waals surface area contributed by atoms with Gasteiger partial charge in [-0.15, -0.1) is 0 Å². The van der Waals surface area contributed by atoms with Crippen LogP contribution in [0, 0.1) is 23.3 Å². The molecule has 0 unspecified atom stereocenters. The van der Waals surface area contributed by atoms with E-state index < -0.39 is 41.4 Å². The molecule has 0 N–H and O–H groups in total. The van der Waals surface area contributed by atoms with Crippen LogP contribution in [-0.2, 0) is 11.7 Å². The monoisotopic (exact) mass is 271 g/mol. The quantitative estimate of drug-likeness (QED) is 0.777. The average Bonchev–Trinajstić information content (AvgIpc) is 2.39. The van der Waals surface area contributed by atoms with Crippen LogP contribution in [-0.4, -0.2) is 0 Å². The summed E-state index contributed by atoms with van der Waals surface area (Å²) < 4.78 is 57.1. The minimum Gasteiger partial charge on any atom is -0.482 e. The molecule has 2 aromatic rings. The Morgan fingerprint density at radius 2 is 1.58 bits per heavy atom. The van der Waals surface area contributed by atoms with Crippen LogP contribution in [0.1, 0.15) is 5.56 Å². The number of benzene rings is 2. The van der Waals surface area contributed by atoms with Crippen LogP contribution in [0.15, 0.2) is 30.3 Å². The molecule has 0 aromatic heterocycles. The summed E-state index contributed by atoms with van der Waals surface area (Å²) in [6.07, 6.45) is 0. The zero-order chi connectivity index (χ0) is 14.0. The van der Waals surface area contributed by atoms with E-state index in [0.717, 1.165) is 12.1 Å². The van der Waals surface area contributed by atoms with Crippen LogP contribution in [0.3, 0.4) is 0 Å². The summed E-state index contributed by atoms with van der Waals surface area (Å²) in [5.74, 6) is -6.70. The minimum atomic E-state index is -1.45. The maximum absolute atomic E-state index is 13.3. The molecule has 0 saturated carbocycles. The van der Waals surface area contributed by atoms with Gasteiger partial charge in [0.25, 0.3) is 0 Å². The molecule has 0 heterocycles. The predicted molar refractivity (Wildman–Crippen MR) is 57.2 cm³/mol. The lowest BCUT2D eigenvalue weighted by molar-refractivity contribution is 0.246. The van der Waals surface area contributed by atoms with Crippen LogP contribution in [0.25, 0.3) is 0 Å². The molecule has 1 radical (unpaired) electrons. The van der Waals surface area contributed by atoms with Gasteiger partial charge in [-0.1, -0.05) is 12.1 Å². The third-order valence-corrected chi connectivity index (χ3v) is 2.42. The number of hydrogen-bond acceptors (Lipinski definition) is 1. The van der Waals surface area contributed by atoms with Gasteiger partial charge in [0.1, 0.15) is 6.61 Å². The Balaban J connectivity index is 2.24. The predicted octanol–water partition coefficient (Wildman–Crippen LogP) is 3.97. The van der Waals surface area contributed by atoms with Gasteiger partial charge in [0.15, 0.2) is 17.5 Å². The molecule has 0 spiro atoms. The smallest absolute Gasteiger partial charge is 0.223 e. The SMILES string of the molecule is [O]c1ccc(F)c(F)c1OCc1cccc(F)c1F. The summed E-state index contributed by atoms with van der Waals surface area (Å²) in [5, 5.41) is 11.3. The van der Waals surface area contributed by atoms with E-state index in [2.05, 4.69) is 0 Å². The molecule has 0 bridgehead atoms. The van der Waals surface area contributed by atoms with Gasteiger partial charge in [0, 0.05) is 5.56 Å². The maximum atomic E-state index is 13.3. The van der Waals surface area contributed by atoms with Crippen LogP contribution >= 0.6 is 0 Å². The van der Waals surface area contributed by atoms with Crippen molar-refractivity contribution in [2.75, 3.05) is 0 Å². The molecule has 6 heteroatoms. The lowest BCUT2D eigenvalue weighted by atomic mass is 10.2. The summed E-state index contributed by atoms with van der Waals surface area (Å²) in [6, 6.07) is 4.79. The largest absolute Gasteiger partial charge is 0.482 e. The van der Waals surface area contributed by atoms with Crippen molar-refractivity contribution < 1.29 is 27.4 Å². The second-order valence-corrected chi connectivity index (χ2v) is 3.69. The first kappa shape index (κ1) is 13.2. The summed E-state index contributed by atoms with van der Waals surface area (Å²) in [6.45, 7) is -0.584. The van der Waals surface area contributed by atoms with Gasteiger partial charge in [-0.2, -0.15) is 4.39 Å². The van der Waals surface area contributed by atoms with Gasteiger partial charge in [-0.25, -0.2) is 13.2 Å². The fourth-order valence-corrected chi connectivity index (χ4v) is 1.46. The first-order valence-electron chi connectivity index (χ1n) is 5.21. The van der Waals surface area contributed by atoms with E-state index in [4.69, 9.17) is 4.74 Å². The second-order valence-electron chi connectivity index (χ2n) is 3.69. The van der Waals surface area contributed by atoms with Gasteiger partial charge in [0.05, 0.1) is 0 Å². The summed E-state index contributed by atoms with van der Waals surface area (Å²) in [7, 11) is 0. The van der Waals surface area contributed by atoms with Crippen molar-refractivity contribution in [3.63, 3.8) is 0 Å². The molecular weight excluding hydrogens is 264 g/mol. The Hall–Kier alpha value is -2.24.